The Kier molecular flexibility index (Phi) is 2.64. The molecule has 0 amide bonds. The van der Waals surface area contributed by atoms with Crippen LogP contribution >= 0.6 is 0 Å². The van der Waals surface area contributed by atoms with E-state index in [4.69, 9.17) is 5.26 Å². The molecule has 1 fully saturated rings. The SMILES string of the molecule is N#CCC1CCNC[C@@H]1F. The van der Waals surface area contributed by atoms with Crippen molar-refractivity contribution in [3.05, 3.63) is 0 Å². The first-order valence-electron chi connectivity index (χ1n) is 3.56. The topological polar surface area (TPSA) is 35.8 Å². The summed E-state index contributed by atoms with van der Waals surface area (Å²) in [5.74, 6) is -0.0220. The van der Waals surface area contributed by atoms with Gasteiger partial charge in [-0.25, -0.2) is 4.39 Å². The van der Waals surface area contributed by atoms with Gasteiger partial charge in [0.05, 0.1) is 6.07 Å². The van der Waals surface area contributed by atoms with Gasteiger partial charge in [-0.1, -0.05) is 0 Å². The molecule has 1 saturated heterocycles. The second-order valence-electron chi connectivity index (χ2n) is 2.63. The molecule has 0 spiro atoms. The summed E-state index contributed by atoms with van der Waals surface area (Å²) in [6.07, 6.45) is 0.353. The summed E-state index contributed by atoms with van der Waals surface area (Å²) in [5, 5.41) is 11.2. The first kappa shape index (κ1) is 7.49. The third kappa shape index (κ3) is 1.68. The normalized spacial score (nSPS) is 33.2. The van der Waals surface area contributed by atoms with E-state index in [0.717, 1.165) is 13.0 Å². The lowest BCUT2D eigenvalue weighted by Crippen LogP contribution is -2.37. The highest BCUT2D eigenvalue weighted by molar-refractivity contribution is 4.84. The molecule has 0 aromatic rings. The number of piperidine rings is 1. The molecule has 1 unspecified atom stereocenters. The Labute approximate surface area is 60.0 Å². The second-order valence-corrected chi connectivity index (χ2v) is 2.63. The Morgan fingerprint density at radius 3 is 3.10 bits per heavy atom. The first-order chi connectivity index (χ1) is 4.84. The number of halogens is 1. The minimum Gasteiger partial charge on any atom is -0.314 e. The Balaban J connectivity index is 2.34. The lowest BCUT2D eigenvalue weighted by Gasteiger charge is -2.24. The van der Waals surface area contributed by atoms with Gasteiger partial charge in [-0.2, -0.15) is 5.26 Å². The van der Waals surface area contributed by atoms with E-state index >= 15 is 0 Å². The van der Waals surface area contributed by atoms with E-state index in [0.29, 0.717) is 13.0 Å². The fraction of sp³-hybridized carbons (Fsp3) is 0.857. The zero-order valence-corrected chi connectivity index (χ0v) is 5.81. The van der Waals surface area contributed by atoms with Crippen LogP contribution in [0.2, 0.25) is 0 Å². The van der Waals surface area contributed by atoms with Gasteiger partial charge in [-0.15, -0.1) is 0 Å². The van der Waals surface area contributed by atoms with Gasteiger partial charge < -0.3 is 5.32 Å². The number of hydrogen-bond donors (Lipinski definition) is 1. The van der Waals surface area contributed by atoms with Crippen molar-refractivity contribution in [1.29, 1.82) is 5.26 Å². The fourth-order valence-electron chi connectivity index (χ4n) is 1.22. The summed E-state index contributed by atoms with van der Waals surface area (Å²) >= 11 is 0. The highest BCUT2D eigenvalue weighted by Crippen LogP contribution is 2.18. The van der Waals surface area contributed by atoms with Crippen LogP contribution in [-0.4, -0.2) is 19.3 Å². The number of nitrogens with zero attached hydrogens (tertiary/aromatic N) is 1. The van der Waals surface area contributed by atoms with E-state index in [1.165, 1.54) is 0 Å². The van der Waals surface area contributed by atoms with Crippen molar-refractivity contribution >= 4 is 0 Å². The quantitative estimate of drug-likeness (QED) is 0.589. The van der Waals surface area contributed by atoms with Gasteiger partial charge in [0.15, 0.2) is 0 Å². The number of hydrogen-bond acceptors (Lipinski definition) is 2. The summed E-state index contributed by atoms with van der Waals surface area (Å²) in [6, 6.07) is 2.00. The molecule has 0 aliphatic carbocycles. The third-order valence-electron chi connectivity index (χ3n) is 1.90. The summed E-state index contributed by atoms with van der Waals surface area (Å²) in [5.41, 5.74) is 0. The van der Waals surface area contributed by atoms with E-state index in [1.54, 1.807) is 0 Å². The van der Waals surface area contributed by atoms with Gasteiger partial charge in [0.25, 0.3) is 0 Å². The average Bonchev–Trinajstić information content (AvgIpc) is 1.94. The van der Waals surface area contributed by atoms with Crippen molar-refractivity contribution in [2.24, 2.45) is 5.92 Å². The molecule has 3 heteroatoms. The monoisotopic (exact) mass is 142 g/mol. The number of rotatable bonds is 1. The van der Waals surface area contributed by atoms with E-state index in [1.807, 2.05) is 6.07 Å². The standard InChI is InChI=1S/C7H11FN2/c8-7-5-10-4-2-6(7)1-3-9/h6-7,10H,1-2,4-5H2/t6?,7-/m0/s1. The van der Waals surface area contributed by atoms with Crippen molar-refractivity contribution in [2.75, 3.05) is 13.1 Å². The van der Waals surface area contributed by atoms with Crippen LogP contribution in [0.5, 0.6) is 0 Å². The third-order valence-corrected chi connectivity index (χ3v) is 1.90. The van der Waals surface area contributed by atoms with Gasteiger partial charge in [0.1, 0.15) is 6.17 Å². The molecule has 1 heterocycles. The van der Waals surface area contributed by atoms with Crippen molar-refractivity contribution in [3.8, 4) is 6.07 Å². The zero-order chi connectivity index (χ0) is 7.40. The molecule has 1 aliphatic heterocycles. The second kappa shape index (κ2) is 3.52. The number of nitrogens with one attached hydrogen (secondary N) is 1. The maximum Gasteiger partial charge on any atom is 0.116 e. The molecule has 2 atom stereocenters. The molecule has 2 nitrogen and oxygen atoms in total. The summed E-state index contributed by atoms with van der Waals surface area (Å²) in [6.45, 7) is 1.28. The van der Waals surface area contributed by atoms with Gasteiger partial charge in [-0.05, 0) is 13.0 Å². The number of alkyl halides is 1. The minimum absolute atomic E-state index is 0.0220. The lowest BCUT2D eigenvalue weighted by molar-refractivity contribution is 0.183. The van der Waals surface area contributed by atoms with E-state index in [2.05, 4.69) is 5.32 Å². The van der Waals surface area contributed by atoms with Gasteiger partial charge in [0, 0.05) is 18.9 Å². The predicted octanol–water partition coefficient (Wildman–Crippen LogP) is 0.848. The molecule has 0 saturated carbocycles. The number of nitriles is 1. The van der Waals surface area contributed by atoms with Crippen molar-refractivity contribution in [3.63, 3.8) is 0 Å². The Bertz CT molecular complexity index is 141. The van der Waals surface area contributed by atoms with Crippen LogP contribution in [0.25, 0.3) is 0 Å². The maximum absolute atomic E-state index is 12.8. The predicted molar refractivity (Wildman–Crippen MR) is 36.1 cm³/mol. The smallest absolute Gasteiger partial charge is 0.116 e. The van der Waals surface area contributed by atoms with Crippen LogP contribution in [0, 0.1) is 17.2 Å². The van der Waals surface area contributed by atoms with Crippen molar-refractivity contribution in [1.82, 2.24) is 5.32 Å². The molecule has 1 rings (SSSR count). The molecular formula is C7H11FN2. The Morgan fingerprint density at radius 1 is 1.70 bits per heavy atom. The van der Waals surface area contributed by atoms with E-state index in [9.17, 15) is 4.39 Å². The van der Waals surface area contributed by atoms with Crippen molar-refractivity contribution in [2.45, 2.75) is 19.0 Å². The van der Waals surface area contributed by atoms with Crippen LogP contribution in [0.4, 0.5) is 4.39 Å². The van der Waals surface area contributed by atoms with Crippen molar-refractivity contribution < 1.29 is 4.39 Å². The van der Waals surface area contributed by atoms with E-state index in [-0.39, 0.29) is 5.92 Å². The van der Waals surface area contributed by atoms with Crippen LogP contribution < -0.4 is 5.32 Å². The molecule has 10 heavy (non-hydrogen) atoms. The Hall–Kier alpha value is -0.620. The van der Waals surface area contributed by atoms with Gasteiger partial charge >= 0.3 is 0 Å². The summed E-state index contributed by atoms with van der Waals surface area (Å²) < 4.78 is 12.8. The molecule has 0 bridgehead atoms. The highest BCUT2D eigenvalue weighted by atomic mass is 19.1. The fourth-order valence-corrected chi connectivity index (χ4v) is 1.22. The summed E-state index contributed by atoms with van der Waals surface area (Å²) in [7, 11) is 0. The highest BCUT2D eigenvalue weighted by Gasteiger charge is 2.23. The zero-order valence-electron chi connectivity index (χ0n) is 5.81. The van der Waals surface area contributed by atoms with Crippen LogP contribution in [0.3, 0.4) is 0 Å². The molecule has 1 aliphatic rings. The summed E-state index contributed by atoms with van der Waals surface area (Å²) in [4.78, 5) is 0. The Morgan fingerprint density at radius 2 is 2.50 bits per heavy atom. The minimum atomic E-state index is -0.812. The molecule has 1 N–H and O–H groups in total. The molecule has 56 valence electrons. The van der Waals surface area contributed by atoms with Crippen LogP contribution in [0.15, 0.2) is 0 Å². The lowest BCUT2D eigenvalue weighted by atomic mass is 9.94. The van der Waals surface area contributed by atoms with Crippen LogP contribution in [0.1, 0.15) is 12.8 Å². The molecule has 0 aromatic heterocycles. The molecular weight excluding hydrogens is 131 g/mol. The maximum atomic E-state index is 12.8. The molecule has 0 aromatic carbocycles. The molecule has 0 radical (unpaired) electrons. The van der Waals surface area contributed by atoms with Gasteiger partial charge in [0.2, 0.25) is 0 Å². The largest absolute Gasteiger partial charge is 0.314 e. The van der Waals surface area contributed by atoms with Crippen LogP contribution in [-0.2, 0) is 0 Å². The first-order valence-corrected chi connectivity index (χ1v) is 3.56. The average molecular weight is 142 g/mol. The van der Waals surface area contributed by atoms with E-state index < -0.39 is 6.17 Å². The van der Waals surface area contributed by atoms with Gasteiger partial charge in [-0.3, -0.25) is 0 Å².